The van der Waals surface area contributed by atoms with Crippen LogP contribution in [0.3, 0.4) is 0 Å². The Balaban J connectivity index is 0.000000334. The van der Waals surface area contributed by atoms with Gasteiger partial charge < -0.3 is 0 Å². The molecule has 0 aromatic carbocycles. The van der Waals surface area contributed by atoms with Crippen LogP contribution in [0.5, 0.6) is 0 Å². The summed E-state index contributed by atoms with van der Waals surface area (Å²) in [7, 11) is 0. The Morgan fingerprint density at radius 1 is 0.440 bits per heavy atom. The monoisotopic (exact) mass is 718 g/mol. The van der Waals surface area contributed by atoms with Gasteiger partial charge >= 0.3 is 12.4 Å². The lowest BCUT2D eigenvalue weighted by Gasteiger charge is -2.09. The largest absolute Gasteiger partial charge is 0.433 e. The van der Waals surface area contributed by atoms with E-state index in [1.54, 1.807) is 26.0 Å². The third kappa shape index (κ3) is 15.6. The lowest BCUT2D eigenvalue weighted by Crippen LogP contribution is -2.10. The molecule has 1 atom stereocenters. The molecule has 0 saturated carbocycles. The van der Waals surface area contributed by atoms with Crippen LogP contribution in [-0.4, -0.2) is 29.9 Å². The Morgan fingerprint density at radius 3 is 1.30 bits per heavy atom. The minimum atomic E-state index is -4.38. The lowest BCUT2D eigenvalue weighted by atomic mass is 10.1. The molecule has 4 aromatic rings. The van der Waals surface area contributed by atoms with Crippen LogP contribution in [0.2, 0.25) is 0 Å². The van der Waals surface area contributed by atoms with E-state index >= 15 is 0 Å². The second kappa shape index (κ2) is 19.9. The Morgan fingerprint density at radius 2 is 0.860 bits per heavy atom. The SMILES string of the molecule is CC(C)c1cccc(C(C)F)n1.CC(C)c1cccc(C(F)(F)F)n1.CC(C)c1nccc(C(F)(F)F)n1.CC(C)c1nccc(C(F)F)n1. The van der Waals surface area contributed by atoms with Crippen molar-refractivity contribution in [2.24, 2.45) is 0 Å². The fraction of sp³-hybridized carbons (Fsp3) is 0.486. The number of aromatic nitrogens is 6. The van der Waals surface area contributed by atoms with E-state index in [1.165, 1.54) is 25.3 Å². The number of hydrogen-bond acceptors (Lipinski definition) is 6. The molecule has 0 spiro atoms. The van der Waals surface area contributed by atoms with Gasteiger partial charge in [-0.3, -0.25) is 4.98 Å². The van der Waals surface area contributed by atoms with Crippen LogP contribution in [-0.2, 0) is 12.4 Å². The summed E-state index contributed by atoms with van der Waals surface area (Å²) in [6, 6.07) is 11.6. The maximum atomic E-state index is 12.8. The molecule has 0 N–H and O–H groups in total. The van der Waals surface area contributed by atoms with Gasteiger partial charge in [-0.2, -0.15) is 26.3 Å². The molecule has 50 heavy (non-hydrogen) atoms. The summed E-state index contributed by atoms with van der Waals surface area (Å²) in [6.07, 6.45) is -9.71. The summed E-state index contributed by atoms with van der Waals surface area (Å²) in [6.45, 7) is 16.4. The van der Waals surface area contributed by atoms with Crippen molar-refractivity contribution in [1.82, 2.24) is 29.9 Å². The zero-order valence-corrected chi connectivity index (χ0v) is 29.3. The van der Waals surface area contributed by atoms with Gasteiger partial charge in [0.2, 0.25) is 0 Å². The first-order valence-electron chi connectivity index (χ1n) is 15.7. The van der Waals surface area contributed by atoms with E-state index in [0.717, 1.165) is 24.0 Å². The van der Waals surface area contributed by atoms with E-state index in [-0.39, 0.29) is 29.3 Å². The van der Waals surface area contributed by atoms with Gasteiger partial charge in [-0.15, -0.1) is 0 Å². The van der Waals surface area contributed by atoms with Crippen LogP contribution in [0.1, 0.15) is 144 Å². The molecule has 0 fully saturated rings. The zero-order chi connectivity index (χ0) is 38.4. The highest BCUT2D eigenvalue weighted by Crippen LogP contribution is 2.29. The Bertz CT molecular complexity index is 1410. The predicted octanol–water partition coefficient (Wildman–Crippen LogP) is 11.6. The molecule has 4 heterocycles. The average Bonchev–Trinajstić information content (AvgIpc) is 3.05. The van der Waals surface area contributed by atoms with Gasteiger partial charge in [-0.25, -0.2) is 38.1 Å². The van der Waals surface area contributed by atoms with Crippen LogP contribution in [0, 0.1) is 0 Å². The molecule has 15 heteroatoms. The van der Waals surface area contributed by atoms with E-state index in [9.17, 15) is 39.5 Å². The van der Waals surface area contributed by atoms with Crippen molar-refractivity contribution >= 4 is 0 Å². The van der Waals surface area contributed by atoms with Crippen LogP contribution in [0.25, 0.3) is 0 Å². The Hall–Kier alpha value is -4.17. The van der Waals surface area contributed by atoms with Crippen molar-refractivity contribution in [2.75, 3.05) is 0 Å². The van der Waals surface area contributed by atoms with Crippen LogP contribution in [0.4, 0.5) is 39.5 Å². The number of halogens is 9. The fourth-order valence-electron chi connectivity index (χ4n) is 3.54. The first-order chi connectivity index (χ1) is 23.0. The van der Waals surface area contributed by atoms with Crippen molar-refractivity contribution in [3.63, 3.8) is 0 Å². The highest BCUT2D eigenvalue weighted by molar-refractivity contribution is 5.16. The molecular formula is C35H43F9N6. The van der Waals surface area contributed by atoms with E-state index in [1.807, 2.05) is 39.8 Å². The minimum absolute atomic E-state index is 0.0160. The average molecular weight is 719 g/mol. The molecule has 276 valence electrons. The molecule has 6 nitrogen and oxygen atoms in total. The van der Waals surface area contributed by atoms with Crippen molar-refractivity contribution in [3.05, 3.63) is 107 Å². The summed E-state index contributed by atoms with van der Waals surface area (Å²) in [5.41, 5.74) is 0.0478. The maximum Gasteiger partial charge on any atom is 0.433 e. The van der Waals surface area contributed by atoms with Crippen molar-refractivity contribution in [3.8, 4) is 0 Å². The topological polar surface area (TPSA) is 77.3 Å². The van der Waals surface area contributed by atoms with E-state index in [2.05, 4.69) is 43.8 Å². The van der Waals surface area contributed by atoms with E-state index < -0.39 is 36.3 Å². The molecule has 0 aliphatic heterocycles. The summed E-state index contributed by atoms with van der Waals surface area (Å²) >= 11 is 0. The molecule has 4 aromatic heterocycles. The number of hydrogen-bond donors (Lipinski definition) is 0. The van der Waals surface area contributed by atoms with Gasteiger partial charge in [0.1, 0.15) is 34.9 Å². The van der Waals surface area contributed by atoms with Crippen LogP contribution >= 0.6 is 0 Å². The molecular weight excluding hydrogens is 675 g/mol. The Labute approximate surface area is 287 Å². The number of pyridine rings is 2. The van der Waals surface area contributed by atoms with Gasteiger partial charge in [0.25, 0.3) is 6.43 Å². The van der Waals surface area contributed by atoms with Crippen molar-refractivity contribution < 1.29 is 39.5 Å². The molecule has 0 radical (unpaired) electrons. The van der Waals surface area contributed by atoms with E-state index in [0.29, 0.717) is 23.1 Å². The quantitative estimate of drug-likeness (QED) is 0.185. The highest BCUT2D eigenvalue weighted by atomic mass is 19.4. The van der Waals surface area contributed by atoms with Crippen molar-refractivity contribution in [2.45, 2.75) is 111 Å². The summed E-state index contributed by atoms with van der Waals surface area (Å²) in [5.74, 6) is 1.06. The van der Waals surface area contributed by atoms with Gasteiger partial charge in [-0.05, 0) is 55.2 Å². The zero-order valence-electron chi connectivity index (χ0n) is 29.3. The fourth-order valence-corrected chi connectivity index (χ4v) is 3.54. The third-order valence-electron chi connectivity index (χ3n) is 6.36. The molecule has 0 saturated heterocycles. The normalized spacial score (nSPS) is 12.2. The molecule has 0 amide bonds. The second-order valence-corrected chi connectivity index (χ2v) is 12.1. The summed E-state index contributed by atoms with van der Waals surface area (Å²) < 4.78 is 110. The molecule has 4 rings (SSSR count). The predicted molar refractivity (Wildman–Crippen MR) is 173 cm³/mol. The highest BCUT2D eigenvalue weighted by Gasteiger charge is 2.33. The maximum absolute atomic E-state index is 12.8. The summed E-state index contributed by atoms with van der Waals surface area (Å²) in [4.78, 5) is 22.5. The number of alkyl halides is 9. The third-order valence-corrected chi connectivity index (χ3v) is 6.36. The van der Waals surface area contributed by atoms with Crippen molar-refractivity contribution in [1.29, 1.82) is 0 Å². The van der Waals surface area contributed by atoms with Gasteiger partial charge in [-0.1, -0.05) is 67.5 Å². The van der Waals surface area contributed by atoms with E-state index in [4.69, 9.17) is 0 Å². The van der Waals surface area contributed by atoms with Crippen LogP contribution in [0.15, 0.2) is 60.9 Å². The molecule has 0 bridgehead atoms. The van der Waals surface area contributed by atoms with Gasteiger partial charge in [0, 0.05) is 35.6 Å². The number of nitrogens with zero attached hydrogens (tertiary/aromatic N) is 6. The number of rotatable bonds is 6. The second-order valence-electron chi connectivity index (χ2n) is 12.1. The molecule has 0 aliphatic carbocycles. The lowest BCUT2D eigenvalue weighted by molar-refractivity contribution is -0.142. The minimum Gasteiger partial charge on any atom is -0.255 e. The van der Waals surface area contributed by atoms with Crippen LogP contribution < -0.4 is 0 Å². The summed E-state index contributed by atoms with van der Waals surface area (Å²) in [5, 5.41) is 0. The van der Waals surface area contributed by atoms with Gasteiger partial charge in [0.15, 0.2) is 0 Å². The molecule has 1 unspecified atom stereocenters. The molecule has 0 aliphatic rings. The Kier molecular flexibility index (Phi) is 17.4. The first kappa shape index (κ1) is 43.9. The first-order valence-corrected chi connectivity index (χ1v) is 15.7. The van der Waals surface area contributed by atoms with Gasteiger partial charge in [0.05, 0.1) is 5.69 Å². The smallest absolute Gasteiger partial charge is 0.255 e. The standard InChI is InChI=1S/C10H14FN.C9H10F3N.C8H9F3N2.C8H10F2N2/c1-7(2)9-5-4-6-10(12-9)8(3)11;1-6(2)7-4-3-5-8(13-7)9(10,11)12;1-5(2)7-12-4-3-6(13-7)8(9,10)11;1-5(2)8-11-4-3-6(12-8)7(9)10/h4-8H,1-3H3;3-6H,1-2H3;3-5H,1-2H3;3-5,7H,1-2H3.